The minimum absolute atomic E-state index is 0.635. The summed E-state index contributed by atoms with van der Waals surface area (Å²) in [6, 6.07) is 8.02. The average molecular weight is 158 g/mol. The summed E-state index contributed by atoms with van der Waals surface area (Å²) in [5.74, 6) is 0. The molecule has 1 aliphatic rings. The fourth-order valence-corrected chi connectivity index (χ4v) is 1.31. The molecule has 2 heteroatoms. The molecular formula is C10H8NO. The molecule has 1 aliphatic heterocycles. The number of hydrogen-bond donors (Lipinski definition) is 0. The molecule has 59 valence electrons. The summed E-state index contributed by atoms with van der Waals surface area (Å²) in [5, 5.41) is 0. The third-order valence-corrected chi connectivity index (χ3v) is 1.95. The molecule has 0 unspecified atom stereocenters. The molecule has 12 heavy (non-hydrogen) atoms. The van der Waals surface area contributed by atoms with Gasteiger partial charge < -0.3 is 4.90 Å². The van der Waals surface area contributed by atoms with Crippen LogP contribution in [0.25, 0.3) is 6.08 Å². The van der Waals surface area contributed by atoms with E-state index in [1.165, 1.54) is 16.0 Å². The molecule has 1 heterocycles. The summed E-state index contributed by atoms with van der Waals surface area (Å²) in [4.78, 5) is 11.8. The SMILES string of the molecule is O=[C]N1C=Cc2ccccc2C1. The third-order valence-electron chi connectivity index (χ3n) is 1.95. The van der Waals surface area contributed by atoms with Crippen LogP contribution in [0.15, 0.2) is 30.5 Å². The highest BCUT2D eigenvalue weighted by molar-refractivity contribution is 5.61. The number of benzene rings is 1. The van der Waals surface area contributed by atoms with Crippen LogP contribution >= 0.6 is 0 Å². The fraction of sp³-hybridized carbons (Fsp3) is 0.100. The Bertz CT molecular complexity index is 330. The van der Waals surface area contributed by atoms with Gasteiger partial charge in [-0.1, -0.05) is 24.3 Å². The maximum Gasteiger partial charge on any atom is 0.316 e. The molecule has 2 nitrogen and oxygen atoms in total. The Morgan fingerprint density at radius 1 is 1.33 bits per heavy atom. The second-order valence-corrected chi connectivity index (χ2v) is 2.73. The first kappa shape index (κ1) is 7.10. The lowest BCUT2D eigenvalue weighted by atomic mass is 10.1. The zero-order valence-corrected chi connectivity index (χ0v) is 6.53. The first-order valence-electron chi connectivity index (χ1n) is 3.81. The van der Waals surface area contributed by atoms with Crippen LogP contribution in [0.5, 0.6) is 0 Å². The van der Waals surface area contributed by atoms with Gasteiger partial charge in [0.25, 0.3) is 0 Å². The Hall–Kier alpha value is -1.57. The Kier molecular flexibility index (Phi) is 1.67. The summed E-state index contributed by atoms with van der Waals surface area (Å²) in [6.45, 7) is 0.635. The Balaban J connectivity index is 2.39. The summed E-state index contributed by atoms with van der Waals surface area (Å²) < 4.78 is 0. The molecule has 1 aromatic rings. The van der Waals surface area contributed by atoms with Gasteiger partial charge in [0.2, 0.25) is 0 Å². The van der Waals surface area contributed by atoms with Gasteiger partial charge in [-0.25, -0.2) is 0 Å². The predicted molar refractivity (Wildman–Crippen MR) is 46.7 cm³/mol. The minimum atomic E-state index is 0.635. The van der Waals surface area contributed by atoms with Gasteiger partial charge in [0.1, 0.15) is 0 Å². The van der Waals surface area contributed by atoms with Crippen LogP contribution in [0, 0.1) is 0 Å². The molecule has 0 aromatic heterocycles. The molecule has 0 bridgehead atoms. The number of carbonyl (C=O) groups excluding carboxylic acids is 1. The molecule has 0 saturated heterocycles. The summed E-state index contributed by atoms with van der Waals surface area (Å²) in [6.07, 6.45) is 5.51. The first-order valence-corrected chi connectivity index (χ1v) is 3.81. The van der Waals surface area contributed by atoms with Crippen LogP contribution in [0.1, 0.15) is 11.1 Å². The minimum Gasteiger partial charge on any atom is -0.306 e. The number of nitrogens with zero attached hydrogens (tertiary/aromatic N) is 1. The zero-order valence-electron chi connectivity index (χ0n) is 6.53. The summed E-state index contributed by atoms with van der Waals surface area (Å²) in [5.41, 5.74) is 2.35. The fourth-order valence-electron chi connectivity index (χ4n) is 1.31. The van der Waals surface area contributed by atoms with Crippen molar-refractivity contribution in [1.29, 1.82) is 0 Å². The van der Waals surface area contributed by atoms with Crippen LogP contribution < -0.4 is 0 Å². The van der Waals surface area contributed by atoms with E-state index in [2.05, 4.69) is 0 Å². The smallest absolute Gasteiger partial charge is 0.306 e. The highest BCUT2D eigenvalue weighted by Crippen LogP contribution is 2.17. The quantitative estimate of drug-likeness (QED) is 0.607. The van der Waals surface area contributed by atoms with E-state index >= 15 is 0 Å². The van der Waals surface area contributed by atoms with Gasteiger partial charge in [-0.2, -0.15) is 0 Å². The van der Waals surface area contributed by atoms with Gasteiger partial charge in [0, 0.05) is 6.20 Å². The molecule has 1 amide bonds. The van der Waals surface area contributed by atoms with E-state index in [9.17, 15) is 4.79 Å². The lowest BCUT2D eigenvalue weighted by Crippen LogP contribution is -2.17. The molecule has 0 saturated carbocycles. The van der Waals surface area contributed by atoms with Gasteiger partial charge in [-0.05, 0) is 17.2 Å². The molecule has 1 radical (unpaired) electrons. The zero-order chi connectivity index (χ0) is 8.39. The molecule has 1 aromatic carbocycles. The van der Waals surface area contributed by atoms with E-state index in [1.807, 2.05) is 36.8 Å². The predicted octanol–water partition coefficient (Wildman–Crippen LogP) is 1.54. The standard InChI is InChI=1S/C10H8NO/c12-8-11-6-5-9-3-1-2-4-10(9)7-11/h1-6H,7H2. The first-order chi connectivity index (χ1) is 5.90. The number of hydrogen-bond acceptors (Lipinski definition) is 1. The number of amides is 1. The van der Waals surface area contributed by atoms with E-state index in [1.54, 1.807) is 6.20 Å². The van der Waals surface area contributed by atoms with Gasteiger partial charge in [-0.3, -0.25) is 4.79 Å². The molecule has 0 spiro atoms. The van der Waals surface area contributed by atoms with Crippen molar-refractivity contribution in [2.24, 2.45) is 0 Å². The van der Waals surface area contributed by atoms with Crippen molar-refractivity contribution < 1.29 is 4.79 Å². The van der Waals surface area contributed by atoms with Crippen molar-refractivity contribution in [2.45, 2.75) is 6.54 Å². The van der Waals surface area contributed by atoms with Gasteiger partial charge in [-0.15, -0.1) is 0 Å². The summed E-state index contributed by atoms with van der Waals surface area (Å²) >= 11 is 0. The van der Waals surface area contributed by atoms with E-state index in [-0.39, 0.29) is 0 Å². The van der Waals surface area contributed by atoms with Crippen molar-refractivity contribution in [3.63, 3.8) is 0 Å². The van der Waals surface area contributed by atoms with Gasteiger partial charge >= 0.3 is 6.41 Å². The molecule has 0 aliphatic carbocycles. The molecule has 0 N–H and O–H groups in total. The van der Waals surface area contributed by atoms with E-state index in [0.29, 0.717) is 6.54 Å². The third kappa shape index (κ3) is 1.11. The topological polar surface area (TPSA) is 20.3 Å². The van der Waals surface area contributed by atoms with Crippen LogP contribution in [-0.4, -0.2) is 11.3 Å². The maximum absolute atomic E-state index is 10.3. The number of fused-ring (bicyclic) bond motifs is 1. The second kappa shape index (κ2) is 2.81. The van der Waals surface area contributed by atoms with Crippen molar-refractivity contribution in [2.75, 3.05) is 0 Å². The average Bonchev–Trinajstić information content (AvgIpc) is 2.17. The largest absolute Gasteiger partial charge is 0.316 e. The Morgan fingerprint density at radius 3 is 3.00 bits per heavy atom. The summed E-state index contributed by atoms with van der Waals surface area (Å²) in [7, 11) is 0. The molecule has 2 rings (SSSR count). The normalized spacial score (nSPS) is 14.2. The molecule has 0 atom stereocenters. The van der Waals surface area contributed by atoms with Gasteiger partial charge in [0.05, 0.1) is 6.54 Å². The second-order valence-electron chi connectivity index (χ2n) is 2.73. The number of rotatable bonds is 1. The van der Waals surface area contributed by atoms with Gasteiger partial charge in [0.15, 0.2) is 0 Å². The van der Waals surface area contributed by atoms with Crippen molar-refractivity contribution >= 4 is 12.5 Å². The van der Waals surface area contributed by atoms with Crippen molar-refractivity contribution in [1.82, 2.24) is 4.90 Å². The molecular weight excluding hydrogens is 150 g/mol. The van der Waals surface area contributed by atoms with Crippen molar-refractivity contribution in [3.05, 3.63) is 41.6 Å². The highest BCUT2D eigenvalue weighted by atomic mass is 16.1. The van der Waals surface area contributed by atoms with E-state index in [4.69, 9.17) is 0 Å². The highest BCUT2D eigenvalue weighted by Gasteiger charge is 2.08. The monoisotopic (exact) mass is 158 g/mol. The lowest BCUT2D eigenvalue weighted by molar-refractivity contribution is 0.456. The van der Waals surface area contributed by atoms with Crippen LogP contribution in [0.3, 0.4) is 0 Å². The Morgan fingerprint density at radius 2 is 2.17 bits per heavy atom. The van der Waals surface area contributed by atoms with Crippen LogP contribution in [0.4, 0.5) is 0 Å². The Labute approximate surface area is 71.1 Å². The van der Waals surface area contributed by atoms with E-state index in [0.717, 1.165) is 0 Å². The maximum atomic E-state index is 10.3. The van der Waals surface area contributed by atoms with Crippen LogP contribution in [0.2, 0.25) is 0 Å². The molecule has 0 fully saturated rings. The van der Waals surface area contributed by atoms with Crippen LogP contribution in [-0.2, 0) is 11.3 Å². The van der Waals surface area contributed by atoms with Crippen molar-refractivity contribution in [3.8, 4) is 0 Å². The van der Waals surface area contributed by atoms with E-state index < -0.39 is 0 Å². The lowest BCUT2D eigenvalue weighted by Gasteiger charge is -2.17.